The van der Waals surface area contributed by atoms with Gasteiger partial charge in [-0.15, -0.1) is 0 Å². The van der Waals surface area contributed by atoms with Crippen LogP contribution in [0.25, 0.3) is 0 Å². The van der Waals surface area contributed by atoms with Crippen molar-refractivity contribution in [2.45, 2.75) is 48.8 Å². The zero-order valence-corrected chi connectivity index (χ0v) is 13.1. The minimum Gasteiger partial charge on any atom is -0.479 e. The Balaban J connectivity index is 5.25. The molecule has 10 N–H and O–H groups in total. The maximum absolute atomic E-state index is 11.6. The Labute approximate surface area is 148 Å². The van der Waals surface area contributed by atoms with Crippen LogP contribution in [0.5, 0.6) is 0 Å². The van der Waals surface area contributed by atoms with E-state index in [0.29, 0.717) is 0 Å². The van der Waals surface area contributed by atoms with Gasteiger partial charge in [-0.05, 0) is 0 Å². The fraction of sp³-hybridized carbons (Fsp3) is 0.667. The number of hydrogen-bond acceptors (Lipinski definition) is 12. The lowest BCUT2D eigenvalue weighted by molar-refractivity contribution is -0.196. The van der Waals surface area contributed by atoms with Gasteiger partial charge in [0.25, 0.3) is 0 Å². The predicted molar refractivity (Wildman–Crippen MR) is 74.8 cm³/mol. The van der Waals surface area contributed by atoms with Crippen molar-refractivity contribution in [3.05, 3.63) is 0 Å². The summed E-state index contributed by atoms with van der Waals surface area (Å²) in [4.78, 5) is 43.6. The van der Waals surface area contributed by atoms with Crippen LogP contribution in [0.15, 0.2) is 0 Å². The van der Waals surface area contributed by atoms with E-state index in [1.165, 1.54) is 0 Å². The average molecular weight is 402 g/mol. The van der Waals surface area contributed by atoms with Crippen LogP contribution in [0.2, 0.25) is 0 Å². The van der Waals surface area contributed by atoms with Gasteiger partial charge in [-0.1, -0.05) is 0 Å². The molecule has 0 saturated carbocycles. The molecule has 0 unspecified atom stereocenters. The standard InChI is InChI=1S/C12H18O15/c13-1(5(17)9(20)21)2(14)7(19)12(26)27-8(11(24)25)4(16)3(15)6(18)10(22)23/h1-8,13-19H,(H,20,21)(H,22,23)(H,24,25)/t1-,2-,3-,4-,5-,6-,7+,8+/m0/s1. The summed E-state index contributed by atoms with van der Waals surface area (Å²) in [5, 5.41) is 91.0. The van der Waals surface area contributed by atoms with E-state index in [-0.39, 0.29) is 0 Å². The van der Waals surface area contributed by atoms with Crippen LogP contribution in [-0.2, 0) is 23.9 Å². The minimum absolute atomic E-state index is 2.04. The number of carbonyl (C=O) groups excluding carboxylic acids is 1. The molecule has 0 aromatic rings. The Kier molecular flexibility index (Phi) is 9.17. The lowest BCUT2D eigenvalue weighted by Gasteiger charge is -2.27. The molecule has 0 aliphatic rings. The van der Waals surface area contributed by atoms with Crippen molar-refractivity contribution in [2.75, 3.05) is 0 Å². The predicted octanol–water partition coefficient (Wildman–Crippen LogP) is -6.32. The molecule has 0 aromatic heterocycles. The number of aliphatic hydroxyl groups excluding tert-OH is 7. The van der Waals surface area contributed by atoms with Crippen molar-refractivity contribution in [1.82, 2.24) is 0 Å². The van der Waals surface area contributed by atoms with Crippen molar-refractivity contribution in [3.8, 4) is 0 Å². The molecule has 15 heteroatoms. The molecule has 0 spiro atoms. The second kappa shape index (κ2) is 10.1. The van der Waals surface area contributed by atoms with Gasteiger partial charge in [-0.3, -0.25) is 0 Å². The second-order valence-electron chi connectivity index (χ2n) is 5.17. The average Bonchev–Trinajstić information content (AvgIpc) is 2.60. The van der Waals surface area contributed by atoms with Gasteiger partial charge >= 0.3 is 23.9 Å². The van der Waals surface area contributed by atoms with Crippen molar-refractivity contribution < 1.29 is 75.0 Å². The number of ether oxygens (including phenoxy) is 1. The number of rotatable bonds is 11. The molecule has 0 saturated heterocycles. The van der Waals surface area contributed by atoms with E-state index >= 15 is 0 Å². The van der Waals surface area contributed by atoms with Crippen molar-refractivity contribution >= 4 is 23.9 Å². The van der Waals surface area contributed by atoms with Crippen LogP contribution in [0.3, 0.4) is 0 Å². The molecule has 27 heavy (non-hydrogen) atoms. The van der Waals surface area contributed by atoms with Gasteiger partial charge in [-0.2, -0.15) is 0 Å². The molecule has 0 aromatic carbocycles. The SMILES string of the molecule is O=C(O)[C@@H](O)[C@@H](O)[C@H](O)[C@@H](O)C(=O)O[C@@H](C(=O)O)[C@@H](O)[C@H](O)[C@H](O)C(=O)O. The molecule has 0 amide bonds. The summed E-state index contributed by atoms with van der Waals surface area (Å²) in [7, 11) is 0. The van der Waals surface area contributed by atoms with E-state index < -0.39 is 72.7 Å². The summed E-state index contributed by atoms with van der Waals surface area (Å²) in [6.45, 7) is 0. The van der Waals surface area contributed by atoms with Crippen LogP contribution in [0.4, 0.5) is 0 Å². The summed E-state index contributed by atoms with van der Waals surface area (Å²) >= 11 is 0. The zero-order chi connectivity index (χ0) is 21.6. The number of aliphatic hydroxyl groups is 7. The quantitative estimate of drug-likeness (QED) is 0.144. The molecule has 0 aliphatic heterocycles. The number of carboxylic acids is 3. The first-order valence-electron chi connectivity index (χ1n) is 6.89. The van der Waals surface area contributed by atoms with Crippen molar-refractivity contribution in [1.29, 1.82) is 0 Å². The van der Waals surface area contributed by atoms with E-state index in [2.05, 4.69) is 4.74 Å². The van der Waals surface area contributed by atoms with Gasteiger partial charge in [-0.25, -0.2) is 19.2 Å². The molecule has 0 fully saturated rings. The number of carbonyl (C=O) groups is 4. The molecule has 156 valence electrons. The Morgan fingerprint density at radius 1 is 0.519 bits per heavy atom. The fourth-order valence-electron chi connectivity index (χ4n) is 1.63. The van der Waals surface area contributed by atoms with Gasteiger partial charge in [0.05, 0.1) is 0 Å². The Hall–Kier alpha value is -2.40. The molecule has 0 radical (unpaired) electrons. The van der Waals surface area contributed by atoms with Crippen LogP contribution in [0, 0.1) is 0 Å². The monoisotopic (exact) mass is 402 g/mol. The third kappa shape index (κ3) is 6.36. The highest BCUT2D eigenvalue weighted by Crippen LogP contribution is 2.13. The molecule has 0 heterocycles. The van der Waals surface area contributed by atoms with E-state index in [1.807, 2.05) is 0 Å². The molecule has 0 bridgehead atoms. The first-order valence-corrected chi connectivity index (χ1v) is 6.89. The van der Waals surface area contributed by atoms with Gasteiger partial charge in [0.2, 0.25) is 6.10 Å². The van der Waals surface area contributed by atoms with Crippen molar-refractivity contribution in [2.24, 2.45) is 0 Å². The third-order valence-electron chi connectivity index (χ3n) is 3.21. The van der Waals surface area contributed by atoms with Gasteiger partial charge in [0.15, 0.2) is 18.3 Å². The highest BCUT2D eigenvalue weighted by molar-refractivity contribution is 5.81. The molecule has 0 aliphatic carbocycles. The first kappa shape index (κ1) is 24.6. The van der Waals surface area contributed by atoms with E-state index in [4.69, 9.17) is 25.5 Å². The molecule has 0 rings (SSSR count). The normalized spacial score (nSPS) is 20.3. The zero-order valence-electron chi connectivity index (χ0n) is 13.1. The Bertz CT molecular complexity index is 561. The summed E-state index contributed by atoms with van der Waals surface area (Å²) in [6.07, 6.45) is -21.5. The Morgan fingerprint density at radius 3 is 1.19 bits per heavy atom. The van der Waals surface area contributed by atoms with Crippen LogP contribution in [-0.4, -0.2) is 124 Å². The van der Waals surface area contributed by atoms with Crippen LogP contribution in [0.1, 0.15) is 0 Å². The van der Waals surface area contributed by atoms with Gasteiger partial charge in [0, 0.05) is 0 Å². The summed E-state index contributed by atoms with van der Waals surface area (Å²) in [5.41, 5.74) is 0. The Morgan fingerprint density at radius 2 is 0.852 bits per heavy atom. The number of carboxylic acid groups (broad SMARTS) is 3. The number of aliphatic carboxylic acids is 3. The molecular formula is C12H18O15. The largest absolute Gasteiger partial charge is 0.479 e. The minimum atomic E-state index is -2.82. The van der Waals surface area contributed by atoms with Gasteiger partial charge < -0.3 is 55.8 Å². The topological polar surface area (TPSA) is 280 Å². The molecular weight excluding hydrogens is 384 g/mol. The first-order chi connectivity index (χ1) is 12.2. The van der Waals surface area contributed by atoms with Crippen molar-refractivity contribution in [3.63, 3.8) is 0 Å². The highest BCUT2D eigenvalue weighted by atomic mass is 16.6. The number of esters is 1. The lowest BCUT2D eigenvalue weighted by atomic mass is 10.0. The summed E-state index contributed by atoms with van der Waals surface area (Å²) in [5.74, 6) is -8.31. The van der Waals surface area contributed by atoms with Gasteiger partial charge in [0.1, 0.15) is 24.4 Å². The van der Waals surface area contributed by atoms with Crippen LogP contribution >= 0.6 is 0 Å². The lowest BCUT2D eigenvalue weighted by Crippen LogP contribution is -2.54. The maximum Gasteiger partial charge on any atom is 0.347 e. The highest BCUT2D eigenvalue weighted by Gasteiger charge is 2.44. The smallest absolute Gasteiger partial charge is 0.347 e. The van der Waals surface area contributed by atoms with E-state index in [1.54, 1.807) is 0 Å². The summed E-state index contributed by atoms with van der Waals surface area (Å²) in [6, 6.07) is 0. The molecule has 8 atom stereocenters. The maximum atomic E-state index is 11.6. The molecule has 15 nitrogen and oxygen atoms in total. The van der Waals surface area contributed by atoms with E-state index in [9.17, 15) is 44.7 Å². The summed E-state index contributed by atoms with van der Waals surface area (Å²) < 4.78 is 4.10. The van der Waals surface area contributed by atoms with Crippen LogP contribution < -0.4 is 0 Å². The number of hydrogen-bond donors (Lipinski definition) is 10. The third-order valence-corrected chi connectivity index (χ3v) is 3.21. The van der Waals surface area contributed by atoms with E-state index in [0.717, 1.165) is 0 Å². The fourth-order valence-corrected chi connectivity index (χ4v) is 1.63. The second-order valence-corrected chi connectivity index (χ2v) is 5.17.